The second-order valence-electron chi connectivity index (χ2n) is 9.04. The molecule has 1 saturated heterocycles. The molecule has 164 valence electrons. The summed E-state index contributed by atoms with van der Waals surface area (Å²) < 4.78 is 0. The Bertz CT molecular complexity index is 728. The molecule has 0 spiro atoms. The maximum atomic E-state index is 13.3. The minimum atomic E-state index is -0.582. The van der Waals surface area contributed by atoms with Crippen molar-refractivity contribution in [2.24, 2.45) is 11.8 Å². The quantitative estimate of drug-likeness (QED) is 0.688. The smallest absolute Gasteiger partial charge is 0.246 e. The average Bonchev–Trinajstić information content (AvgIpc) is 3.42. The van der Waals surface area contributed by atoms with Gasteiger partial charge < -0.3 is 15.5 Å². The van der Waals surface area contributed by atoms with Crippen LogP contribution in [0.2, 0.25) is 0 Å². The summed E-state index contributed by atoms with van der Waals surface area (Å²) in [6, 6.07) is 8.70. The standard InChI is InChI=1S/C24H35N3O3/c1-17(2)22(26-21(28)15-18-9-6-7-10-18)24(30)27-14-8-13-20(27)23(29)25-16-19-11-4-3-5-12-19/h3-5,11-12,17-18,20,22H,6-10,13-16H2,1-2H3,(H,25,29)(H,26,28)/t20-,22-/m0/s1. The summed E-state index contributed by atoms with van der Waals surface area (Å²) in [5, 5.41) is 5.94. The fraction of sp³-hybridized carbons (Fsp3) is 0.625. The molecule has 2 aliphatic rings. The molecule has 0 aromatic heterocycles. The molecule has 1 aliphatic carbocycles. The molecule has 1 aromatic carbocycles. The number of hydrogen-bond donors (Lipinski definition) is 2. The van der Waals surface area contributed by atoms with Crippen LogP contribution in [-0.4, -0.2) is 41.2 Å². The monoisotopic (exact) mass is 413 g/mol. The van der Waals surface area contributed by atoms with E-state index >= 15 is 0 Å². The van der Waals surface area contributed by atoms with Gasteiger partial charge >= 0.3 is 0 Å². The van der Waals surface area contributed by atoms with E-state index < -0.39 is 12.1 Å². The number of carbonyl (C=O) groups excluding carboxylic acids is 3. The lowest BCUT2D eigenvalue weighted by Crippen LogP contribution is -2.55. The van der Waals surface area contributed by atoms with Crippen LogP contribution in [0.15, 0.2) is 30.3 Å². The topological polar surface area (TPSA) is 78.5 Å². The maximum Gasteiger partial charge on any atom is 0.246 e. The van der Waals surface area contributed by atoms with E-state index in [0.717, 1.165) is 24.8 Å². The zero-order chi connectivity index (χ0) is 21.5. The third kappa shape index (κ3) is 5.83. The van der Waals surface area contributed by atoms with Crippen LogP contribution >= 0.6 is 0 Å². The highest BCUT2D eigenvalue weighted by atomic mass is 16.2. The van der Waals surface area contributed by atoms with Crippen molar-refractivity contribution in [3.8, 4) is 0 Å². The molecule has 1 aliphatic heterocycles. The van der Waals surface area contributed by atoms with Crippen molar-refractivity contribution in [1.29, 1.82) is 0 Å². The van der Waals surface area contributed by atoms with Gasteiger partial charge in [0.25, 0.3) is 0 Å². The molecule has 1 aromatic rings. The molecular formula is C24H35N3O3. The van der Waals surface area contributed by atoms with Crippen LogP contribution < -0.4 is 10.6 Å². The normalized spacial score (nSPS) is 20.4. The lowest BCUT2D eigenvalue weighted by molar-refractivity contribution is -0.142. The van der Waals surface area contributed by atoms with E-state index in [1.807, 2.05) is 44.2 Å². The molecule has 3 amide bonds. The summed E-state index contributed by atoms with van der Waals surface area (Å²) in [6.45, 7) is 4.89. The van der Waals surface area contributed by atoms with Crippen LogP contribution in [0.25, 0.3) is 0 Å². The highest BCUT2D eigenvalue weighted by Crippen LogP contribution is 2.27. The van der Waals surface area contributed by atoms with Crippen molar-refractivity contribution in [3.05, 3.63) is 35.9 Å². The van der Waals surface area contributed by atoms with Crippen molar-refractivity contribution >= 4 is 17.7 Å². The molecule has 1 saturated carbocycles. The first-order chi connectivity index (χ1) is 14.5. The Hall–Kier alpha value is -2.37. The first kappa shape index (κ1) is 22.3. The zero-order valence-corrected chi connectivity index (χ0v) is 18.2. The molecule has 6 heteroatoms. The van der Waals surface area contributed by atoms with Gasteiger partial charge in [0.05, 0.1) is 0 Å². The van der Waals surface area contributed by atoms with Gasteiger partial charge in [0.15, 0.2) is 0 Å². The fourth-order valence-corrected chi connectivity index (χ4v) is 4.61. The predicted molar refractivity (Wildman–Crippen MR) is 116 cm³/mol. The van der Waals surface area contributed by atoms with Crippen LogP contribution in [0.4, 0.5) is 0 Å². The Morgan fingerprint density at radius 2 is 1.73 bits per heavy atom. The van der Waals surface area contributed by atoms with Crippen LogP contribution in [-0.2, 0) is 20.9 Å². The Morgan fingerprint density at radius 1 is 1.03 bits per heavy atom. The molecule has 30 heavy (non-hydrogen) atoms. The first-order valence-corrected chi connectivity index (χ1v) is 11.4. The van der Waals surface area contributed by atoms with Gasteiger partial charge in [0, 0.05) is 19.5 Å². The van der Waals surface area contributed by atoms with Crippen molar-refractivity contribution in [2.75, 3.05) is 6.54 Å². The Kier molecular flexibility index (Phi) is 7.88. The van der Waals surface area contributed by atoms with Crippen LogP contribution in [0.3, 0.4) is 0 Å². The van der Waals surface area contributed by atoms with Crippen molar-refractivity contribution in [2.45, 2.75) is 77.4 Å². The Balaban J connectivity index is 1.58. The number of carbonyl (C=O) groups is 3. The Morgan fingerprint density at radius 3 is 2.40 bits per heavy atom. The van der Waals surface area contributed by atoms with E-state index in [4.69, 9.17) is 0 Å². The van der Waals surface area contributed by atoms with Gasteiger partial charge in [-0.25, -0.2) is 0 Å². The number of hydrogen-bond acceptors (Lipinski definition) is 3. The van der Waals surface area contributed by atoms with Crippen molar-refractivity contribution < 1.29 is 14.4 Å². The molecule has 1 heterocycles. The van der Waals surface area contributed by atoms with Crippen LogP contribution in [0.5, 0.6) is 0 Å². The van der Waals surface area contributed by atoms with E-state index in [-0.39, 0.29) is 23.6 Å². The number of nitrogens with one attached hydrogen (secondary N) is 2. The third-order valence-electron chi connectivity index (χ3n) is 6.35. The minimum Gasteiger partial charge on any atom is -0.350 e. The summed E-state index contributed by atoms with van der Waals surface area (Å²) >= 11 is 0. The minimum absolute atomic E-state index is 0.0290. The third-order valence-corrected chi connectivity index (χ3v) is 6.35. The number of likely N-dealkylation sites (tertiary alicyclic amines) is 1. The van der Waals surface area contributed by atoms with Gasteiger partial charge in [0.2, 0.25) is 17.7 Å². The van der Waals surface area contributed by atoms with Gasteiger partial charge in [-0.1, -0.05) is 57.0 Å². The SMILES string of the molecule is CC(C)[C@H](NC(=O)CC1CCCC1)C(=O)N1CCC[C@H]1C(=O)NCc1ccccc1. The first-order valence-electron chi connectivity index (χ1n) is 11.4. The van der Waals surface area contributed by atoms with Crippen LogP contribution in [0.1, 0.15) is 64.4 Å². The number of nitrogens with zero attached hydrogens (tertiary/aromatic N) is 1. The highest BCUT2D eigenvalue weighted by Gasteiger charge is 2.38. The number of benzene rings is 1. The zero-order valence-electron chi connectivity index (χ0n) is 18.2. The van der Waals surface area contributed by atoms with E-state index in [0.29, 0.717) is 31.8 Å². The highest BCUT2D eigenvalue weighted by molar-refractivity contribution is 5.92. The molecule has 2 N–H and O–H groups in total. The lowest BCUT2D eigenvalue weighted by Gasteiger charge is -2.30. The maximum absolute atomic E-state index is 13.3. The van der Waals surface area contributed by atoms with Gasteiger partial charge in [-0.15, -0.1) is 0 Å². The van der Waals surface area contributed by atoms with Crippen LogP contribution in [0, 0.1) is 11.8 Å². The van der Waals surface area contributed by atoms with E-state index in [1.165, 1.54) is 12.8 Å². The predicted octanol–water partition coefficient (Wildman–Crippen LogP) is 3.01. The molecule has 0 unspecified atom stereocenters. The van der Waals surface area contributed by atoms with E-state index in [9.17, 15) is 14.4 Å². The van der Waals surface area contributed by atoms with Gasteiger partial charge in [-0.3, -0.25) is 14.4 Å². The largest absolute Gasteiger partial charge is 0.350 e. The summed E-state index contributed by atoms with van der Waals surface area (Å²) in [6.07, 6.45) is 6.55. The molecule has 2 fully saturated rings. The van der Waals surface area contributed by atoms with Crippen molar-refractivity contribution in [3.63, 3.8) is 0 Å². The van der Waals surface area contributed by atoms with E-state index in [2.05, 4.69) is 10.6 Å². The second kappa shape index (κ2) is 10.6. The van der Waals surface area contributed by atoms with E-state index in [1.54, 1.807) is 4.90 Å². The molecule has 0 bridgehead atoms. The molecule has 2 atom stereocenters. The molecule has 6 nitrogen and oxygen atoms in total. The number of amides is 3. The fourth-order valence-electron chi connectivity index (χ4n) is 4.61. The van der Waals surface area contributed by atoms with Crippen molar-refractivity contribution in [1.82, 2.24) is 15.5 Å². The average molecular weight is 414 g/mol. The summed E-state index contributed by atoms with van der Waals surface area (Å²) in [7, 11) is 0. The lowest BCUT2D eigenvalue weighted by atomic mass is 9.99. The summed E-state index contributed by atoms with van der Waals surface area (Å²) in [5.41, 5.74) is 1.03. The van der Waals surface area contributed by atoms with Gasteiger partial charge in [-0.2, -0.15) is 0 Å². The molecule has 3 rings (SSSR count). The summed E-state index contributed by atoms with van der Waals surface area (Å²) in [5.74, 6) is 0.111. The Labute approximate surface area is 179 Å². The van der Waals surface area contributed by atoms with Gasteiger partial charge in [-0.05, 0) is 43.1 Å². The summed E-state index contributed by atoms with van der Waals surface area (Å²) in [4.78, 5) is 40.3. The van der Waals surface area contributed by atoms with Gasteiger partial charge in [0.1, 0.15) is 12.1 Å². The second-order valence-corrected chi connectivity index (χ2v) is 9.04. The molecular weight excluding hydrogens is 378 g/mol. The number of rotatable bonds is 8. The molecule has 0 radical (unpaired) electrons.